The van der Waals surface area contributed by atoms with Gasteiger partial charge in [-0.05, 0) is 87.5 Å². The van der Waals surface area contributed by atoms with E-state index in [1.54, 1.807) is 0 Å². The van der Waals surface area contributed by atoms with Gasteiger partial charge in [0.25, 0.3) is 11.7 Å². The van der Waals surface area contributed by atoms with Gasteiger partial charge in [0, 0.05) is 33.0 Å². The van der Waals surface area contributed by atoms with Crippen LogP contribution in [0.3, 0.4) is 0 Å². The molecule has 11 aromatic rings. The first-order valence-corrected chi connectivity index (χ1v) is 22.3. The van der Waals surface area contributed by atoms with Crippen LogP contribution < -0.4 is 0 Å². The molecule has 0 fully saturated rings. The molecule has 9 aromatic carbocycles. The number of furan rings is 1. The van der Waals surface area contributed by atoms with E-state index in [2.05, 4.69) is 181 Å². The van der Waals surface area contributed by atoms with Crippen molar-refractivity contribution in [1.82, 2.24) is 15.0 Å². The molecule has 0 saturated heterocycles. The second kappa shape index (κ2) is 14.1. The largest absolute Gasteiger partial charge is 0.455 e. The molecule has 1 unspecified atom stereocenters. The van der Waals surface area contributed by atoms with Crippen LogP contribution in [0.4, 0.5) is 5.69 Å². The molecule has 1 spiro atoms. The Morgan fingerprint density at radius 2 is 0.939 bits per heavy atom. The molecule has 0 saturated carbocycles. The van der Waals surface area contributed by atoms with E-state index in [0.717, 1.165) is 78.2 Å². The number of hydrogen-bond acceptors (Lipinski definition) is 5. The van der Waals surface area contributed by atoms with Crippen LogP contribution in [0, 0.1) is 0 Å². The summed E-state index contributed by atoms with van der Waals surface area (Å²) >= 11 is 0. The number of para-hydroxylation sites is 1. The second-order valence-electron chi connectivity index (χ2n) is 17.1. The van der Waals surface area contributed by atoms with E-state index in [1.807, 2.05) is 42.5 Å². The van der Waals surface area contributed by atoms with E-state index < -0.39 is 5.41 Å². The molecule has 3 aliphatic rings. The van der Waals surface area contributed by atoms with Gasteiger partial charge in [-0.2, -0.15) is 4.58 Å². The minimum absolute atomic E-state index is 0.614. The first-order valence-electron chi connectivity index (χ1n) is 22.3. The molecule has 3 heterocycles. The van der Waals surface area contributed by atoms with Gasteiger partial charge in [0.05, 0.1) is 16.5 Å². The summed E-state index contributed by atoms with van der Waals surface area (Å²) in [5.74, 6) is 3.69. The van der Waals surface area contributed by atoms with Crippen LogP contribution in [0.15, 0.2) is 228 Å². The third-order valence-electron chi connectivity index (χ3n) is 13.6. The van der Waals surface area contributed by atoms with Crippen LogP contribution in [-0.4, -0.2) is 31.2 Å². The first kappa shape index (κ1) is 36.6. The maximum absolute atomic E-state index is 6.89. The highest BCUT2D eigenvalue weighted by Gasteiger charge is 2.53. The molecule has 6 heteroatoms. The average molecular weight is 843 g/mol. The van der Waals surface area contributed by atoms with E-state index in [4.69, 9.17) is 24.4 Å². The van der Waals surface area contributed by atoms with Gasteiger partial charge >= 0.3 is 0 Å². The number of aromatic nitrogens is 3. The van der Waals surface area contributed by atoms with Gasteiger partial charge in [-0.1, -0.05) is 175 Å². The number of fused-ring (bicyclic) bond motifs is 14. The lowest BCUT2D eigenvalue weighted by Gasteiger charge is -2.31. The molecule has 14 rings (SSSR count). The molecule has 1 aliphatic heterocycles. The predicted octanol–water partition coefficient (Wildman–Crippen LogP) is 13.7. The molecule has 2 aromatic heterocycles. The van der Waals surface area contributed by atoms with Crippen molar-refractivity contribution in [3.63, 3.8) is 0 Å². The normalized spacial score (nSPS) is 15.4. The van der Waals surface area contributed by atoms with Gasteiger partial charge in [0.2, 0.25) is 0 Å². The number of rotatable bonds is 6. The number of benzene rings is 9. The van der Waals surface area contributed by atoms with Crippen molar-refractivity contribution in [3.05, 3.63) is 252 Å². The maximum atomic E-state index is 6.89. The zero-order chi connectivity index (χ0) is 43.3. The van der Waals surface area contributed by atoms with Crippen LogP contribution in [0.2, 0.25) is 0 Å². The summed E-state index contributed by atoms with van der Waals surface area (Å²) in [5.41, 5.74) is 16.4. The molecule has 66 heavy (non-hydrogen) atoms. The van der Waals surface area contributed by atoms with Gasteiger partial charge < -0.3 is 4.42 Å². The minimum atomic E-state index is -0.727. The van der Waals surface area contributed by atoms with Crippen LogP contribution in [0.1, 0.15) is 33.4 Å². The van der Waals surface area contributed by atoms with E-state index in [0.29, 0.717) is 17.5 Å². The second-order valence-corrected chi connectivity index (χ2v) is 17.1. The van der Waals surface area contributed by atoms with Gasteiger partial charge in [-0.15, -0.1) is 0 Å². The van der Waals surface area contributed by atoms with E-state index >= 15 is 0 Å². The Kier molecular flexibility index (Phi) is 7.80. The van der Waals surface area contributed by atoms with Gasteiger partial charge in [-0.3, -0.25) is 0 Å². The van der Waals surface area contributed by atoms with Gasteiger partial charge in [0.1, 0.15) is 16.9 Å². The zero-order valence-electron chi connectivity index (χ0n) is 35.4. The summed E-state index contributed by atoms with van der Waals surface area (Å²) in [5, 5.41) is 2.22. The van der Waals surface area contributed by atoms with E-state index in [-0.39, 0.29) is 0 Å². The molecule has 0 radical (unpaired) electrons. The summed E-state index contributed by atoms with van der Waals surface area (Å²) in [4.78, 5) is 20.7. The molecular weight excluding hydrogens is 807 g/mol. The highest BCUT2D eigenvalue weighted by Crippen LogP contribution is 2.65. The Balaban J connectivity index is 1.05. The Morgan fingerprint density at radius 1 is 0.379 bits per heavy atom. The van der Waals surface area contributed by atoms with Crippen molar-refractivity contribution in [2.75, 3.05) is 0 Å². The Morgan fingerprint density at radius 3 is 1.64 bits per heavy atom. The minimum Gasteiger partial charge on any atom is -0.455 e. The van der Waals surface area contributed by atoms with Crippen LogP contribution in [0.25, 0.3) is 78.4 Å². The number of hydrogen-bond donors (Lipinski definition) is 0. The topological polar surface area (TPSA) is 67.2 Å². The molecule has 1 atom stereocenters. The summed E-state index contributed by atoms with van der Waals surface area (Å²) in [6, 6.07) is 76.9. The third kappa shape index (κ3) is 5.21. The van der Waals surface area contributed by atoms with Crippen molar-refractivity contribution >= 4 is 39.3 Å². The molecule has 6 nitrogen and oxygen atoms in total. The van der Waals surface area contributed by atoms with Gasteiger partial charge in [-0.25, -0.2) is 15.0 Å². The summed E-state index contributed by atoms with van der Waals surface area (Å²) in [6.07, 6.45) is 0. The average Bonchev–Trinajstić information content (AvgIpc) is 4.01. The molecule has 0 N–H and O–H groups in total. The fourth-order valence-electron chi connectivity index (χ4n) is 10.7. The molecule has 306 valence electrons. The fourth-order valence-corrected chi connectivity index (χ4v) is 10.7. The maximum Gasteiger partial charge on any atom is 0.279 e. The van der Waals surface area contributed by atoms with Crippen LogP contribution in [0.5, 0.6) is 0 Å². The smallest absolute Gasteiger partial charge is 0.279 e. The number of nitrogens with zero attached hydrogens (tertiary/aromatic N) is 5. The lowest BCUT2D eigenvalue weighted by atomic mass is 9.70. The van der Waals surface area contributed by atoms with Crippen molar-refractivity contribution in [3.8, 4) is 56.4 Å². The molecule has 2 aliphatic carbocycles. The van der Waals surface area contributed by atoms with Gasteiger partial charge in [0.15, 0.2) is 17.5 Å². The summed E-state index contributed by atoms with van der Waals surface area (Å²) < 4.78 is 9.21. The molecule has 0 bridgehead atoms. The lowest BCUT2D eigenvalue weighted by molar-refractivity contribution is -0.319. The highest BCUT2D eigenvalue weighted by molar-refractivity contribution is 6.16. The molecule has 0 amide bonds. The number of aliphatic imine (C=N–C) groups is 1. The van der Waals surface area contributed by atoms with E-state index in [1.165, 1.54) is 33.4 Å². The predicted molar refractivity (Wildman–Crippen MR) is 263 cm³/mol. The van der Waals surface area contributed by atoms with Crippen LogP contribution in [-0.2, 0) is 5.41 Å². The third-order valence-corrected chi connectivity index (χ3v) is 13.6. The van der Waals surface area contributed by atoms with Crippen molar-refractivity contribution < 1.29 is 8.99 Å². The van der Waals surface area contributed by atoms with E-state index in [9.17, 15) is 0 Å². The quantitative estimate of drug-likeness (QED) is 0.156. The summed E-state index contributed by atoms with van der Waals surface area (Å²) in [6.45, 7) is 0. The Hall–Kier alpha value is -8.87. The zero-order valence-corrected chi connectivity index (χ0v) is 35.4. The monoisotopic (exact) mass is 842 g/mol. The SMILES string of the molecule is c1ccc(C2=NC(c3ccccc3)=[N+]2c2ccc3c(c2)C2(c4cc(-c5nc(-c6ccccc6)nc(-c6ccccc6)n5)ccc4-3)c3ccccc3-c3c2ccc2c3oc3ccccc32)cc1. The van der Waals surface area contributed by atoms with Crippen molar-refractivity contribution in [2.45, 2.75) is 5.41 Å². The Bertz CT molecular complexity index is 3800. The number of amidine groups is 2. The summed E-state index contributed by atoms with van der Waals surface area (Å²) in [7, 11) is 0. The Labute approximate surface area is 380 Å². The first-order chi connectivity index (χ1) is 32.7. The molecular formula is C60H36N5O+. The highest BCUT2D eigenvalue weighted by atomic mass is 16.3. The van der Waals surface area contributed by atoms with Crippen molar-refractivity contribution in [2.24, 2.45) is 4.99 Å². The standard InChI is InChI=1S/C60H36N5O/c1-5-17-37(18-6-1)55-61-56(38-19-7-2-8-20-38)63-57(62-55)41-29-31-43-44-32-30-42(65-58(39-21-9-3-10-22-39)64-59(65)40-23-11-4-12-24-40)36-51(44)60(50(43)35-41)48-27-15-13-26-47(48)53-49(60)34-33-46-45-25-14-16-28-52(45)66-54(46)53/h1-36H/q+1. The fraction of sp³-hybridized carbons (Fsp3) is 0.0167. The van der Waals surface area contributed by atoms with Crippen LogP contribution >= 0.6 is 0 Å². The van der Waals surface area contributed by atoms with Crippen molar-refractivity contribution in [1.29, 1.82) is 0 Å². The lowest BCUT2D eigenvalue weighted by Crippen LogP contribution is -2.34.